The number of carbonyl (C=O) groups is 1. The van der Waals surface area contributed by atoms with E-state index in [0.717, 1.165) is 32.0 Å². The van der Waals surface area contributed by atoms with Gasteiger partial charge in [0, 0.05) is 31.5 Å². The molecule has 0 unspecified atom stereocenters. The molecule has 0 atom stereocenters. The average Bonchev–Trinajstić information content (AvgIpc) is 2.58. The van der Waals surface area contributed by atoms with Crippen LogP contribution < -0.4 is 10.2 Å². The molecule has 1 saturated heterocycles. The van der Waals surface area contributed by atoms with Gasteiger partial charge in [0.25, 0.3) is 5.91 Å². The Labute approximate surface area is 132 Å². The van der Waals surface area contributed by atoms with Gasteiger partial charge in [-0.1, -0.05) is 0 Å². The summed E-state index contributed by atoms with van der Waals surface area (Å²) in [5, 5.41) is 2.38. The highest BCUT2D eigenvalue weighted by molar-refractivity contribution is 6.03. The number of rotatable bonds is 3. The number of nitrogens with zero attached hydrogens (tertiary/aromatic N) is 3. The molecule has 0 bridgehead atoms. The minimum absolute atomic E-state index is 0.0866. The van der Waals surface area contributed by atoms with Crippen molar-refractivity contribution in [1.82, 2.24) is 9.97 Å². The molecule has 3 rings (SSSR count). The molecule has 1 aliphatic heterocycles. The SMILES string of the molecule is O=C(Nc1ccc(F)cc1F)c1cnc(N2CCCCC2)nc1. The number of anilines is 2. The Kier molecular flexibility index (Phi) is 4.45. The number of piperidine rings is 1. The van der Waals surface area contributed by atoms with Gasteiger partial charge in [0.15, 0.2) is 0 Å². The summed E-state index contributed by atoms with van der Waals surface area (Å²) in [6.07, 6.45) is 6.24. The predicted molar refractivity (Wildman–Crippen MR) is 82.4 cm³/mol. The number of hydrogen-bond donors (Lipinski definition) is 1. The van der Waals surface area contributed by atoms with E-state index >= 15 is 0 Å². The van der Waals surface area contributed by atoms with Gasteiger partial charge in [0.05, 0.1) is 11.3 Å². The first-order valence-electron chi connectivity index (χ1n) is 7.47. The monoisotopic (exact) mass is 318 g/mol. The highest BCUT2D eigenvalue weighted by Gasteiger charge is 2.15. The van der Waals surface area contributed by atoms with Gasteiger partial charge in [-0.15, -0.1) is 0 Å². The average molecular weight is 318 g/mol. The van der Waals surface area contributed by atoms with Crippen LogP contribution in [0, 0.1) is 11.6 Å². The summed E-state index contributed by atoms with van der Waals surface area (Å²) in [5.74, 6) is -1.48. The number of halogens is 2. The first-order chi connectivity index (χ1) is 11.1. The fraction of sp³-hybridized carbons (Fsp3) is 0.312. The Morgan fingerprint density at radius 3 is 2.43 bits per heavy atom. The Balaban J connectivity index is 1.69. The van der Waals surface area contributed by atoms with Crippen molar-refractivity contribution in [3.8, 4) is 0 Å². The summed E-state index contributed by atoms with van der Waals surface area (Å²) in [6.45, 7) is 1.82. The summed E-state index contributed by atoms with van der Waals surface area (Å²) < 4.78 is 26.4. The van der Waals surface area contributed by atoms with E-state index in [1.807, 2.05) is 0 Å². The maximum atomic E-state index is 13.5. The zero-order chi connectivity index (χ0) is 16.2. The Morgan fingerprint density at radius 1 is 1.09 bits per heavy atom. The van der Waals surface area contributed by atoms with Gasteiger partial charge < -0.3 is 10.2 Å². The second kappa shape index (κ2) is 6.68. The molecule has 2 aromatic rings. The van der Waals surface area contributed by atoms with Gasteiger partial charge in [0.2, 0.25) is 5.95 Å². The molecule has 1 amide bonds. The predicted octanol–water partition coefficient (Wildman–Crippen LogP) is 3.00. The molecule has 0 saturated carbocycles. The smallest absolute Gasteiger partial charge is 0.258 e. The molecule has 0 aliphatic carbocycles. The van der Waals surface area contributed by atoms with Crippen molar-refractivity contribution in [3.05, 3.63) is 47.8 Å². The van der Waals surface area contributed by atoms with Crippen LogP contribution in [-0.2, 0) is 0 Å². The summed E-state index contributed by atoms with van der Waals surface area (Å²) >= 11 is 0. The van der Waals surface area contributed by atoms with E-state index in [2.05, 4.69) is 20.2 Å². The van der Waals surface area contributed by atoms with Crippen LogP contribution in [0.5, 0.6) is 0 Å². The zero-order valence-corrected chi connectivity index (χ0v) is 12.4. The quantitative estimate of drug-likeness (QED) is 0.945. The van der Waals surface area contributed by atoms with Crippen molar-refractivity contribution in [3.63, 3.8) is 0 Å². The molecule has 0 spiro atoms. The largest absolute Gasteiger partial charge is 0.341 e. The van der Waals surface area contributed by atoms with Crippen molar-refractivity contribution in [2.45, 2.75) is 19.3 Å². The third kappa shape index (κ3) is 3.61. The second-order valence-electron chi connectivity index (χ2n) is 5.40. The number of carbonyl (C=O) groups excluding carboxylic acids is 1. The third-order valence-electron chi connectivity index (χ3n) is 3.72. The lowest BCUT2D eigenvalue weighted by Crippen LogP contribution is -2.31. The maximum Gasteiger partial charge on any atom is 0.258 e. The Hall–Kier alpha value is -2.57. The van der Waals surface area contributed by atoms with Crippen LogP contribution >= 0.6 is 0 Å². The van der Waals surface area contributed by atoms with Gasteiger partial charge in [-0.25, -0.2) is 18.7 Å². The normalized spacial score (nSPS) is 14.6. The Bertz CT molecular complexity index is 700. The molecule has 1 aromatic carbocycles. The fourth-order valence-electron chi connectivity index (χ4n) is 2.48. The molecular formula is C16H16F2N4O. The van der Waals surface area contributed by atoms with Gasteiger partial charge >= 0.3 is 0 Å². The molecule has 5 nitrogen and oxygen atoms in total. The number of benzene rings is 1. The fourth-order valence-corrected chi connectivity index (χ4v) is 2.48. The molecule has 1 fully saturated rings. The molecule has 2 heterocycles. The van der Waals surface area contributed by atoms with Crippen LogP contribution in [0.15, 0.2) is 30.6 Å². The Morgan fingerprint density at radius 2 is 1.78 bits per heavy atom. The highest BCUT2D eigenvalue weighted by Crippen LogP contribution is 2.17. The van der Waals surface area contributed by atoms with E-state index in [-0.39, 0.29) is 11.3 Å². The van der Waals surface area contributed by atoms with Crippen LogP contribution in [0.1, 0.15) is 29.6 Å². The van der Waals surface area contributed by atoms with Gasteiger partial charge in [-0.2, -0.15) is 0 Å². The lowest BCUT2D eigenvalue weighted by molar-refractivity contribution is 0.102. The van der Waals surface area contributed by atoms with E-state index in [4.69, 9.17) is 0 Å². The van der Waals surface area contributed by atoms with E-state index in [1.165, 1.54) is 24.9 Å². The molecule has 1 N–H and O–H groups in total. The topological polar surface area (TPSA) is 58.1 Å². The minimum Gasteiger partial charge on any atom is -0.341 e. The first-order valence-corrected chi connectivity index (χ1v) is 7.47. The van der Waals surface area contributed by atoms with E-state index in [9.17, 15) is 13.6 Å². The second-order valence-corrected chi connectivity index (χ2v) is 5.40. The first kappa shape index (κ1) is 15.3. The zero-order valence-electron chi connectivity index (χ0n) is 12.4. The number of amides is 1. The van der Waals surface area contributed by atoms with Crippen molar-refractivity contribution in [2.75, 3.05) is 23.3 Å². The van der Waals surface area contributed by atoms with Gasteiger partial charge in [0.1, 0.15) is 11.6 Å². The van der Waals surface area contributed by atoms with Gasteiger partial charge in [-0.05, 0) is 31.4 Å². The molecule has 1 aliphatic rings. The van der Waals surface area contributed by atoms with Crippen LogP contribution in [0.25, 0.3) is 0 Å². The third-order valence-corrected chi connectivity index (χ3v) is 3.72. The summed E-state index contributed by atoms with van der Waals surface area (Å²) in [4.78, 5) is 22.6. The van der Waals surface area contributed by atoms with Crippen LogP contribution in [0.3, 0.4) is 0 Å². The molecule has 1 aromatic heterocycles. The van der Waals surface area contributed by atoms with E-state index in [1.54, 1.807) is 0 Å². The van der Waals surface area contributed by atoms with Crippen molar-refractivity contribution in [2.24, 2.45) is 0 Å². The highest BCUT2D eigenvalue weighted by atomic mass is 19.1. The standard InChI is InChI=1S/C16H16F2N4O/c17-12-4-5-14(13(18)8-12)21-15(23)11-9-19-16(20-10-11)22-6-2-1-3-7-22/h4-5,8-10H,1-3,6-7H2,(H,21,23). The summed E-state index contributed by atoms with van der Waals surface area (Å²) in [6, 6.07) is 2.96. The van der Waals surface area contributed by atoms with E-state index in [0.29, 0.717) is 12.0 Å². The van der Waals surface area contributed by atoms with Crippen molar-refractivity contribution < 1.29 is 13.6 Å². The summed E-state index contributed by atoms with van der Waals surface area (Å²) in [5.41, 5.74) is 0.131. The summed E-state index contributed by atoms with van der Waals surface area (Å²) in [7, 11) is 0. The molecule has 120 valence electrons. The minimum atomic E-state index is -0.829. The van der Waals surface area contributed by atoms with Crippen molar-refractivity contribution in [1.29, 1.82) is 0 Å². The van der Waals surface area contributed by atoms with Crippen molar-refractivity contribution >= 4 is 17.5 Å². The lowest BCUT2D eigenvalue weighted by Gasteiger charge is -2.26. The van der Waals surface area contributed by atoms with Crippen LogP contribution in [0.2, 0.25) is 0 Å². The molecular weight excluding hydrogens is 302 g/mol. The number of aromatic nitrogens is 2. The van der Waals surface area contributed by atoms with Gasteiger partial charge in [-0.3, -0.25) is 4.79 Å². The maximum absolute atomic E-state index is 13.5. The molecule has 7 heteroatoms. The van der Waals surface area contributed by atoms with Crippen LogP contribution in [-0.4, -0.2) is 29.0 Å². The number of nitrogens with one attached hydrogen (secondary N) is 1. The number of hydrogen-bond acceptors (Lipinski definition) is 4. The molecule has 0 radical (unpaired) electrons. The van der Waals surface area contributed by atoms with E-state index < -0.39 is 17.5 Å². The van der Waals surface area contributed by atoms with Crippen LogP contribution in [0.4, 0.5) is 20.4 Å². The lowest BCUT2D eigenvalue weighted by atomic mass is 10.1. The molecule has 23 heavy (non-hydrogen) atoms.